The van der Waals surface area contributed by atoms with E-state index in [1.165, 1.54) is 0 Å². The van der Waals surface area contributed by atoms with Gasteiger partial charge in [-0.1, -0.05) is 37.3 Å². The molecule has 0 unspecified atom stereocenters. The topological polar surface area (TPSA) is 89.2 Å². The predicted molar refractivity (Wildman–Crippen MR) is 113 cm³/mol. The summed E-state index contributed by atoms with van der Waals surface area (Å²) in [5.74, 6) is 2.32. The average Bonchev–Trinajstić information content (AvgIpc) is 3.23. The molecule has 3 rings (SSSR count). The molecule has 0 spiro atoms. The number of nitrogens with one attached hydrogen (secondary N) is 2. The van der Waals surface area contributed by atoms with Gasteiger partial charge in [0.1, 0.15) is 18.8 Å². The van der Waals surface area contributed by atoms with Gasteiger partial charge in [0.05, 0.1) is 0 Å². The van der Waals surface area contributed by atoms with Crippen LogP contribution in [-0.4, -0.2) is 39.3 Å². The molecular weight excluding hydrogens is 366 g/mol. The maximum absolute atomic E-state index is 5.79. The van der Waals surface area contributed by atoms with Crippen molar-refractivity contribution in [3.8, 4) is 5.88 Å². The van der Waals surface area contributed by atoms with Crippen LogP contribution >= 0.6 is 0 Å². The highest BCUT2D eigenvalue weighted by molar-refractivity contribution is 5.79. The molecule has 2 heterocycles. The molecule has 0 radical (unpaired) electrons. The first kappa shape index (κ1) is 20.3. The van der Waals surface area contributed by atoms with Crippen LogP contribution in [0.4, 0.5) is 0 Å². The number of guanidine groups is 1. The van der Waals surface area contributed by atoms with Gasteiger partial charge in [0.15, 0.2) is 5.96 Å². The van der Waals surface area contributed by atoms with Crippen LogP contribution in [0.2, 0.25) is 0 Å². The van der Waals surface area contributed by atoms with Crippen molar-refractivity contribution < 1.29 is 4.74 Å². The molecule has 0 amide bonds. The normalized spacial score (nSPS) is 11.3. The molecule has 0 bridgehead atoms. The van der Waals surface area contributed by atoms with Gasteiger partial charge in [0, 0.05) is 45.4 Å². The van der Waals surface area contributed by atoms with Crippen LogP contribution < -0.4 is 15.4 Å². The molecule has 0 saturated heterocycles. The van der Waals surface area contributed by atoms with Crippen LogP contribution in [-0.2, 0) is 26.1 Å². The van der Waals surface area contributed by atoms with E-state index in [0.29, 0.717) is 19.0 Å². The molecule has 1 aromatic carbocycles. The molecular formula is C21H27N7O. The van der Waals surface area contributed by atoms with Crippen LogP contribution in [0, 0.1) is 0 Å². The lowest BCUT2D eigenvalue weighted by Crippen LogP contribution is -2.38. The van der Waals surface area contributed by atoms with Gasteiger partial charge in [-0.15, -0.1) is 10.2 Å². The average molecular weight is 393 g/mol. The number of hydrogen-bond donors (Lipinski definition) is 2. The third-order valence-electron chi connectivity index (χ3n) is 4.37. The maximum Gasteiger partial charge on any atom is 0.213 e. The van der Waals surface area contributed by atoms with Gasteiger partial charge >= 0.3 is 0 Å². The van der Waals surface area contributed by atoms with Crippen molar-refractivity contribution in [2.24, 2.45) is 4.99 Å². The van der Waals surface area contributed by atoms with Crippen LogP contribution in [0.5, 0.6) is 5.88 Å². The smallest absolute Gasteiger partial charge is 0.213 e. The quantitative estimate of drug-likeness (QED) is 0.428. The summed E-state index contributed by atoms with van der Waals surface area (Å²) in [4.78, 5) is 8.56. The molecule has 152 valence electrons. The van der Waals surface area contributed by atoms with Crippen LogP contribution in [0.3, 0.4) is 0 Å². The standard InChI is InChI=1S/C21H27N7O/c1-3-19-27-26-16-28(19)12-11-24-21(22-2)25-14-18-9-10-23-20(13-18)29-15-17-7-5-4-6-8-17/h4-10,13,16H,3,11-12,14-15H2,1-2H3,(H2,22,24,25). The Morgan fingerprint density at radius 2 is 2.00 bits per heavy atom. The van der Waals surface area contributed by atoms with E-state index in [1.807, 2.05) is 47.0 Å². The fourth-order valence-corrected chi connectivity index (χ4v) is 2.81. The minimum Gasteiger partial charge on any atom is -0.473 e. The van der Waals surface area contributed by atoms with E-state index in [0.717, 1.165) is 42.4 Å². The molecule has 29 heavy (non-hydrogen) atoms. The lowest BCUT2D eigenvalue weighted by atomic mass is 10.2. The predicted octanol–water partition coefficient (Wildman–Crippen LogP) is 2.18. The summed E-state index contributed by atoms with van der Waals surface area (Å²) in [7, 11) is 1.76. The van der Waals surface area contributed by atoms with E-state index in [2.05, 4.69) is 37.7 Å². The molecule has 0 atom stereocenters. The lowest BCUT2D eigenvalue weighted by Gasteiger charge is -2.13. The maximum atomic E-state index is 5.79. The Kier molecular flexibility index (Phi) is 7.56. The van der Waals surface area contributed by atoms with Gasteiger partial charge in [0.25, 0.3) is 0 Å². The van der Waals surface area contributed by atoms with Crippen molar-refractivity contribution in [2.45, 2.75) is 33.0 Å². The summed E-state index contributed by atoms with van der Waals surface area (Å²) in [6.07, 6.45) is 4.38. The number of nitrogens with zero attached hydrogens (tertiary/aromatic N) is 5. The Morgan fingerprint density at radius 1 is 1.14 bits per heavy atom. The summed E-state index contributed by atoms with van der Waals surface area (Å²) in [5, 5.41) is 14.7. The molecule has 0 aliphatic rings. The molecule has 3 aromatic rings. The highest BCUT2D eigenvalue weighted by Crippen LogP contribution is 2.11. The van der Waals surface area contributed by atoms with Gasteiger partial charge < -0.3 is 19.9 Å². The zero-order chi connectivity index (χ0) is 20.3. The second kappa shape index (κ2) is 10.8. The monoisotopic (exact) mass is 393 g/mol. The second-order valence-corrected chi connectivity index (χ2v) is 6.42. The number of rotatable bonds is 9. The van der Waals surface area contributed by atoms with Gasteiger partial charge in [-0.2, -0.15) is 0 Å². The van der Waals surface area contributed by atoms with E-state index >= 15 is 0 Å². The van der Waals surface area contributed by atoms with Crippen molar-refractivity contribution in [3.63, 3.8) is 0 Å². The lowest BCUT2D eigenvalue weighted by molar-refractivity contribution is 0.293. The van der Waals surface area contributed by atoms with E-state index in [-0.39, 0.29) is 0 Å². The van der Waals surface area contributed by atoms with Crippen molar-refractivity contribution in [3.05, 3.63) is 71.9 Å². The molecule has 8 nitrogen and oxygen atoms in total. The van der Waals surface area contributed by atoms with Crippen molar-refractivity contribution in [2.75, 3.05) is 13.6 Å². The number of aliphatic imine (C=N–C) groups is 1. The number of pyridine rings is 1. The number of hydrogen-bond acceptors (Lipinski definition) is 5. The molecule has 0 aliphatic carbocycles. The number of aryl methyl sites for hydroxylation is 1. The first-order chi connectivity index (χ1) is 14.3. The number of ether oxygens (including phenoxy) is 1. The molecule has 0 saturated carbocycles. The zero-order valence-corrected chi connectivity index (χ0v) is 16.9. The minimum atomic E-state index is 0.497. The highest BCUT2D eigenvalue weighted by atomic mass is 16.5. The van der Waals surface area contributed by atoms with Gasteiger partial charge in [-0.3, -0.25) is 4.99 Å². The minimum absolute atomic E-state index is 0.497. The fraction of sp³-hybridized carbons (Fsp3) is 0.333. The third-order valence-corrected chi connectivity index (χ3v) is 4.37. The number of benzene rings is 1. The summed E-state index contributed by atoms with van der Waals surface area (Å²) in [6.45, 7) is 4.70. The summed E-state index contributed by atoms with van der Waals surface area (Å²) in [5.41, 5.74) is 2.18. The SMILES string of the molecule is CCc1nncn1CCNC(=NC)NCc1ccnc(OCc2ccccc2)c1. The zero-order valence-electron chi connectivity index (χ0n) is 16.9. The Labute approximate surface area is 171 Å². The Hall–Kier alpha value is -3.42. The Morgan fingerprint density at radius 3 is 2.79 bits per heavy atom. The van der Waals surface area contributed by atoms with Gasteiger partial charge in [-0.25, -0.2) is 4.98 Å². The second-order valence-electron chi connectivity index (χ2n) is 6.42. The fourth-order valence-electron chi connectivity index (χ4n) is 2.81. The van der Waals surface area contributed by atoms with Crippen molar-refractivity contribution in [1.82, 2.24) is 30.4 Å². The first-order valence-corrected chi connectivity index (χ1v) is 9.71. The largest absolute Gasteiger partial charge is 0.473 e. The van der Waals surface area contributed by atoms with E-state index in [1.54, 1.807) is 19.6 Å². The van der Waals surface area contributed by atoms with Crippen molar-refractivity contribution in [1.29, 1.82) is 0 Å². The van der Waals surface area contributed by atoms with Crippen LogP contribution in [0.15, 0.2) is 60.0 Å². The third kappa shape index (κ3) is 6.31. The van der Waals surface area contributed by atoms with Crippen molar-refractivity contribution >= 4 is 5.96 Å². The van der Waals surface area contributed by atoms with Gasteiger partial charge in [-0.05, 0) is 17.2 Å². The van der Waals surface area contributed by atoms with Crippen LogP contribution in [0.1, 0.15) is 23.9 Å². The first-order valence-electron chi connectivity index (χ1n) is 9.71. The molecule has 2 aromatic heterocycles. The van der Waals surface area contributed by atoms with Gasteiger partial charge in [0.2, 0.25) is 5.88 Å². The van der Waals surface area contributed by atoms with E-state index in [4.69, 9.17) is 4.74 Å². The Bertz CT molecular complexity index is 908. The highest BCUT2D eigenvalue weighted by Gasteiger charge is 2.04. The molecule has 0 fully saturated rings. The summed E-state index contributed by atoms with van der Waals surface area (Å²) in [6, 6.07) is 13.9. The van der Waals surface area contributed by atoms with E-state index in [9.17, 15) is 0 Å². The number of aromatic nitrogens is 4. The summed E-state index contributed by atoms with van der Waals surface area (Å²) >= 11 is 0. The molecule has 8 heteroatoms. The molecule has 0 aliphatic heterocycles. The van der Waals surface area contributed by atoms with Crippen LogP contribution in [0.25, 0.3) is 0 Å². The molecule has 2 N–H and O–H groups in total. The Balaban J connectivity index is 1.45. The summed E-state index contributed by atoms with van der Waals surface area (Å²) < 4.78 is 7.84. The van der Waals surface area contributed by atoms with E-state index < -0.39 is 0 Å².